The third kappa shape index (κ3) is 3.28. The Hall–Kier alpha value is -2.52. The molecule has 2 aromatic carbocycles. The van der Waals surface area contributed by atoms with E-state index < -0.39 is 0 Å². The molecule has 0 fully saturated rings. The first-order valence-electron chi connectivity index (χ1n) is 6.90. The van der Waals surface area contributed by atoms with Gasteiger partial charge in [0.05, 0.1) is 0 Å². The predicted octanol–water partition coefficient (Wildman–Crippen LogP) is 4.82. The van der Waals surface area contributed by atoms with Crippen molar-refractivity contribution in [3.05, 3.63) is 94.4 Å². The molecule has 0 amide bonds. The van der Waals surface area contributed by atoms with E-state index in [1.165, 1.54) is 22.3 Å². The molecule has 0 saturated heterocycles. The molecular formula is C20H16. The standard InChI is InChI=1S/C20H16/c1-2-8-18-12-6-14-20(16-18)10-4-3-9-19-13-5-11-17(7-1)15-19/h1,4-6,8-9,11-16H,7,10H2. The van der Waals surface area contributed by atoms with Gasteiger partial charge in [0.1, 0.15) is 0 Å². The molecule has 2 aromatic rings. The van der Waals surface area contributed by atoms with Gasteiger partial charge < -0.3 is 0 Å². The van der Waals surface area contributed by atoms with Crippen molar-refractivity contribution < 1.29 is 0 Å². The Kier molecular flexibility index (Phi) is 3.80. The molecule has 0 unspecified atom stereocenters. The lowest BCUT2D eigenvalue weighted by Crippen LogP contribution is -1.83. The number of hydrogen-bond donors (Lipinski definition) is 0. The van der Waals surface area contributed by atoms with Gasteiger partial charge in [0.25, 0.3) is 0 Å². The van der Waals surface area contributed by atoms with E-state index >= 15 is 0 Å². The minimum Gasteiger partial charge on any atom is -0.124 e. The van der Waals surface area contributed by atoms with Crippen LogP contribution in [0.4, 0.5) is 0 Å². The minimum absolute atomic E-state index is 0.904. The number of hydrogen-bond acceptors (Lipinski definition) is 0. The highest BCUT2D eigenvalue weighted by atomic mass is 14.0. The van der Waals surface area contributed by atoms with E-state index in [9.17, 15) is 0 Å². The van der Waals surface area contributed by atoms with Crippen LogP contribution in [-0.4, -0.2) is 0 Å². The van der Waals surface area contributed by atoms with Crippen LogP contribution in [0.1, 0.15) is 22.3 Å². The van der Waals surface area contributed by atoms with Gasteiger partial charge in [-0.25, -0.2) is 0 Å². The number of allylic oxidation sites excluding steroid dienone is 2. The first kappa shape index (κ1) is 12.5. The molecule has 0 atom stereocenters. The zero-order chi connectivity index (χ0) is 13.6. The van der Waals surface area contributed by atoms with Crippen LogP contribution >= 0.6 is 0 Å². The number of rotatable bonds is 0. The Morgan fingerprint density at radius 3 is 1.65 bits per heavy atom. The minimum atomic E-state index is 0.904. The van der Waals surface area contributed by atoms with Crippen molar-refractivity contribution >= 4 is 12.2 Å². The molecule has 20 heavy (non-hydrogen) atoms. The largest absolute Gasteiger partial charge is 0.124 e. The highest BCUT2D eigenvalue weighted by molar-refractivity contribution is 5.52. The van der Waals surface area contributed by atoms with Crippen LogP contribution in [0, 0.1) is 0 Å². The second-order valence-electron chi connectivity index (χ2n) is 4.93. The summed E-state index contributed by atoms with van der Waals surface area (Å²) in [6, 6.07) is 17.1. The molecule has 4 bridgehead atoms. The SMILES string of the molecule is C1=CCc2cccc(c2)C=C=CCc2cccc(c2)C=1. The fourth-order valence-corrected chi connectivity index (χ4v) is 2.28. The van der Waals surface area contributed by atoms with Crippen molar-refractivity contribution in [2.45, 2.75) is 12.8 Å². The van der Waals surface area contributed by atoms with Crippen molar-refractivity contribution in [2.75, 3.05) is 0 Å². The van der Waals surface area contributed by atoms with Crippen LogP contribution in [0.2, 0.25) is 0 Å². The molecule has 3 rings (SSSR count). The van der Waals surface area contributed by atoms with E-state index in [0.717, 1.165) is 12.8 Å². The summed E-state index contributed by atoms with van der Waals surface area (Å²) in [6.45, 7) is 0. The zero-order valence-electron chi connectivity index (χ0n) is 11.3. The molecule has 0 aliphatic heterocycles. The Bertz CT molecular complexity index is 669. The van der Waals surface area contributed by atoms with E-state index in [0.29, 0.717) is 0 Å². The maximum absolute atomic E-state index is 3.27. The molecule has 0 heterocycles. The maximum Gasteiger partial charge on any atom is -0.00210 e. The summed E-state index contributed by atoms with van der Waals surface area (Å²) in [6.07, 6.45) is 10.1. The molecular weight excluding hydrogens is 240 g/mol. The van der Waals surface area contributed by atoms with Crippen molar-refractivity contribution in [1.82, 2.24) is 0 Å². The molecule has 0 N–H and O–H groups in total. The van der Waals surface area contributed by atoms with Crippen LogP contribution in [0.5, 0.6) is 0 Å². The fourth-order valence-electron chi connectivity index (χ4n) is 2.28. The lowest BCUT2D eigenvalue weighted by atomic mass is 10.1. The summed E-state index contributed by atoms with van der Waals surface area (Å²) < 4.78 is 0. The molecule has 1 aliphatic carbocycles. The topological polar surface area (TPSA) is 0 Å². The van der Waals surface area contributed by atoms with Crippen LogP contribution < -0.4 is 0 Å². The van der Waals surface area contributed by atoms with Crippen molar-refractivity contribution in [3.8, 4) is 0 Å². The van der Waals surface area contributed by atoms with Crippen LogP contribution in [0.15, 0.2) is 72.1 Å². The normalized spacial score (nSPS) is 13.2. The smallest absolute Gasteiger partial charge is 0.00210 e. The van der Waals surface area contributed by atoms with Gasteiger partial charge in [0, 0.05) is 0 Å². The van der Waals surface area contributed by atoms with Gasteiger partial charge in [0.2, 0.25) is 0 Å². The lowest BCUT2D eigenvalue weighted by Gasteiger charge is -1.99. The summed E-state index contributed by atoms with van der Waals surface area (Å²) in [5.74, 6) is 0. The summed E-state index contributed by atoms with van der Waals surface area (Å²) in [5.41, 5.74) is 11.5. The van der Waals surface area contributed by atoms with Gasteiger partial charge in [0.15, 0.2) is 0 Å². The Morgan fingerprint density at radius 1 is 0.650 bits per heavy atom. The second-order valence-corrected chi connectivity index (χ2v) is 4.93. The average molecular weight is 256 g/mol. The second kappa shape index (κ2) is 6.08. The van der Waals surface area contributed by atoms with Gasteiger partial charge in [-0.2, -0.15) is 0 Å². The molecule has 0 radical (unpaired) electrons. The van der Waals surface area contributed by atoms with Gasteiger partial charge in [-0.05, 0) is 59.4 Å². The molecule has 0 aromatic heterocycles. The van der Waals surface area contributed by atoms with E-state index in [4.69, 9.17) is 0 Å². The molecule has 0 nitrogen and oxygen atoms in total. The third-order valence-corrected chi connectivity index (χ3v) is 3.31. The lowest BCUT2D eigenvalue weighted by molar-refractivity contribution is 1.26. The van der Waals surface area contributed by atoms with Crippen LogP contribution in [-0.2, 0) is 12.8 Å². The zero-order valence-corrected chi connectivity index (χ0v) is 11.3. The summed E-state index contributed by atoms with van der Waals surface area (Å²) in [5, 5.41) is 0. The maximum atomic E-state index is 3.27. The molecule has 1 aliphatic rings. The monoisotopic (exact) mass is 256 g/mol. The van der Waals surface area contributed by atoms with Gasteiger partial charge in [-0.3, -0.25) is 0 Å². The molecule has 96 valence electrons. The molecule has 0 heteroatoms. The first-order chi connectivity index (χ1) is 9.90. The highest BCUT2D eigenvalue weighted by Gasteiger charge is 1.93. The molecule has 0 spiro atoms. The van der Waals surface area contributed by atoms with Gasteiger partial charge >= 0.3 is 0 Å². The summed E-state index contributed by atoms with van der Waals surface area (Å²) in [4.78, 5) is 0. The van der Waals surface area contributed by atoms with Crippen molar-refractivity contribution in [3.63, 3.8) is 0 Å². The third-order valence-electron chi connectivity index (χ3n) is 3.31. The predicted molar refractivity (Wildman–Crippen MR) is 85.4 cm³/mol. The summed E-state index contributed by atoms with van der Waals surface area (Å²) in [7, 11) is 0. The first-order valence-corrected chi connectivity index (χ1v) is 6.90. The Labute approximate surface area is 120 Å². The van der Waals surface area contributed by atoms with E-state index in [1.54, 1.807) is 0 Å². The van der Waals surface area contributed by atoms with Crippen molar-refractivity contribution in [2.24, 2.45) is 0 Å². The van der Waals surface area contributed by atoms with Crippen molar-refractivity contribution in [1.29, 1.82) is 0 Å². The number of benzene rings is 2. The van der Waals surface area contributed by atoms with E-state index in [1.807, 2.05) is 12.2 Å². The van der Waals surface area contributed by atoms with E-state index in [-0.39, 0.29) is 0 Å². The summed E-state index contributed by atoms with van der Waals surface area (Å²) >= 11 is 0. The average Bonchev–Trinajstić information content (AvgIpc) is 2.48. The fraction of sp³-hybridized carbons (Fsp3) is 0.100. The van der Waals surface area contributed by atoms with E-state index in [2.05, 4.69) is 72.1 Å². The Balaban J connectivity index is 2.02. The quantitative estimate of drug-likeness (QED) is 0.593. The van der Waals surface area contributed by atoms with Crippen LogP contribution in [0.3, 0.4) is 0 Å². The highest BCUT2D eigenvalue weighted by Crippen LogP contribution is 2.10. The molecule has 0 saturated carbocycles. The van der Waals surface area contributed by atoms with Crippen LogP contribution in [0.25, 0.3) is 12.2 Å². The Morgan fingerprint density at radius 2 is 1.15 bits per heavy atom. The van der Waals surface area contributed by atoms with Gasteiger partial charge in [-0.1, -0.05) is 48.5 Å². The van der Waals surface area contributed by atoms with Gasteiger partial charge in [-0.15, -0.1) is 11.5 Å². The number of fused-ring (bicyclic) bond motifs is 4.